The van der Waals surface area contributed by atoms with Crippen LogP contribution in [0.15, 0.2) is 35.9 Å². The van der Waals surface area contributed by atoms with Crippen molar-refractivity contribution in [3.05, 3.63) is 64.8 Å². The zero-order valence-electron chi connectivity index (χ0n) is 19.3. The van der Waals surface area contributed by atoms with E-state index in [0.29, 0.717) is 31.6 Å². The van der Waals surface area contributed by atoms with E-state index in [9.17, 15) is 13.6 Å². The molecular weight excluding hydrogens is 440 g/mol. The van der Waals surface area contributed by atoms with Crippen molar-refractivity contribution >= 4 is 5.91 Å². The summed E-state index contributed by atoms with van der Waals surface area (Å²) in [4.78, 5) is 14.5. The Morgan fingerprint density at radius 2 is 2.15 bits per heavy atom. The van der Waals surface area contributed by atoms with E-state index in [0.717, 1.165) is 42.6 Å². The lowest BCUT2D eigenvalue weighted by molar-refractivity contribution is -0.131. The van der Waals surface area contributed by atoms with Gasteiger partial charge in [0.1, 0.15) is 18.2 Å². The van der Waals surface area contributed by atoms with Crippen LogP contribution in [-0.4, -0.2) is 51.3 Å². The Hall–Kier alpha value is -3.07. The van der Waals surface area contributed by atoms with Gasteiger partial charge >= 0.3 is 0 Å². The van der Waals surface area contributed by atoms with Gasteiger partial charge in [-0.25, -0.2) is 8.78 Å². The van der Waals surface area contributed by atoms with Crippen molar-refractivity contribution in [1.29, 1.82) is 0 Å². The van der Waals surface area contributed by atoms with Crippen LogP contribution in [0.1, 0.15) is 49.3 Å². The summed E-state index contributed by atoms with van der Waals surface area (Å²) in [5.74, 6) is 0.443. The standard InChI is InChI=1S/C25H29F2N5O2/c1-2-22-29-30-23-14-31(8-9-32(22)23)24(33)13-28-21-12-18(21)19-10-17(26)11-20(27)25(19)34-15-16-6-4-3-5-7-16/h3-4,6,10-11,18,21,28H,2,5,7-9,12-15H2,1H3. The molecule has 180 valence electrons. The summed E-state index contributed by atoms with van der Waals surface area (Å²) in [6.45, 7) is 4.24. The Morgan fingerprint density at radius 1 is 1.26 bits per heavy atom. The lowest BCUT2D eigenvalue weighted by Gasteiger charge is -2.28. The van der Waals surface area contributed by atoms with Gasteiger partial charge < -0.3 is 19.5 Å². The second kappa shape index (κ2) is 9.66. The van der Waals surface area contributed by atoms with Crippen LogP contribution in [0.2, 0.25) is 0 Å². The summed E-state index contributed by atoms with van der Waals surface area (Å²) in [6.07, 6.45) is 9.34. The molecule has 1 aliphatic heterocycles. The second-order valence-electron chi connectivity index (χ2n) is 9.07. The predicted molar refractivity (Wildman–Crippen MR) is 122 cm³/mol. The van der Waals surface area contributed by atoms with Crippen LogP contribution in [0, 0.1) is 11.6 Å². The molecule has 1 aromatic heterocycles. The minimum absolute atomic E-state index is 0.0165. The summed E-state index contributed by atoms with van der Waals surface area (Å²) in [6, 6.07) is 2.19. The van der Waals surface area contributed by atoms with E-state index in [4.69, 9.17) is 4.74 Å². The van der Waals surface area contributed by atoms with Gasteiger partial charge in [-0.2, -0.15) is 0 Å². The third-order valence-corrected chi connectivity index (χ3v) is 6.74. The van der Waals surface area contributed by atoms with Crippen LogP contribution in [0.25, 0.3) is 0 Å². The van der Waals surface area contributed by atoms with Crippen molar-refractivity contribution < 1.29 is 18.3 Å². The molecule has 0 radical (unpaired) electrons. The van der Waals surface area contributed by atoms with Gasteiger partial charge in [0.15, 0.2) is 17.4 Å². The van der Waals surface area contributed by atoms with Gasteiger partial charge in [0.25, 0.3) is 0 Å². The minimum atomic E-state index is -0.687. The fourth-order valence-electron chi connectivity index (χ4n) is 4.73. The van der Waals surface area contributed by atoms with E-state index in [1.165, 1.54) is 6.07 Å². The Morgan fingerprint density at radius 3 is 2.94 bits per heavy atom. The first-order valence-corrected chi connectivity index (χ1v) is 11.9. The molecule has 0 spiro atoms. The number of hydrogen-bond acceptors (Lipinski definition) is 5. The van der Waals surface area contributed by atoms with Gasteiger partial charge in [-0.15, -0.1) is 10.2 Å². The fourth-order valence-corrected chi connectivity index (χ4v) is 4.73. The molecule has 9 heteroatoms. The molecule has 2 aliphatic carbocycles. The highest BCUT2D eigenvalue weighted by molar-refractivity contribution is 5.78. The normalized spacial score (nSPS) is 21.3. The summed E-state index contributed by atoms with van der Waals surface area (Å²) >= 11 is 0. The molecule has 2 atom stereocenters. The number of aromatic nitrogens is 3. The van der Waals surface area contributed by atoms with E-state index in [2.05, 4.69) is 26.2 Å². The number of nitrogens with zero attached hydrogens (tertiary/aromatic N) is 4. The van der Waals surface area contributed by atoms with E-state index in [1.807, 2.05) is 19.1 Å². The van der Waals surface area contributed by atoms with Gasteiger partial charge in [-0.05, 0) is 30.9 Å². The Labute approximate surface area is 197 Å². The highest BCUT2D eigenvalue weighted by Gasteiger charge is 2.41. The highest BCUT2D eigenvalue weighted by atomic mass is 19.1. The number of carbonyl (C=O) groups is 1. The van der Waals surface area contributed by atoms with E-state index in [1.54, 1.807) is 4.90 Å². The molecule has 5 rings (SSSR count). The highest BCUT2D eigenvalue weighted by Crippen LogP contribution is 2.46. The maximum atomic E-state index is 14.6. The molecular formula is C25H29F2N5O2. The number of benzene rings is 1. The molecule has 1 N–H and O–H groups in total. The van der Waals surface area contributed by atoms with Crippen molar-refractivity contribution in [2.45, 2.75) is 57.7 Å². The monoisotopic (exact) mass is 469 g/mol. The summed E-state index contributed by atoms with van der Waals surface area (Å²) in [5, 5.41) is 11.6. The summed E-state index contributed by atoms with van der Waals surface area (Å²) in [7, 11) is 0. The van der Waals surface area contributed by atoms with Gasteiger partial charge in [-0.1, -0.05) is 25.2 Å². The lowest BCUT2D eigenvalue weighted by atomic mass is 10.1. The molecule has 34 heavy (non-hydrogen) atoms. The summed E-state index contributed by atoms with van der Waals surface area (Å²) < 4.78 is 36.5. The molecule has 2 unspecified atom stereocenters. The number of amides is 1. The van der Waals surface area contributed by atoms with Crippen LogP contribution >= 0.6 is 0 Å². The average molecular weight is 470 g/mol. The smallest absolute Gasteiger partial charge is 0.237 e. The van der Waals surface area contributed by atoms with Crippen LogP contribution < -0.4 is 10.1 Å². The maximum absolute atomic E-state index is 14.6. The average Bonchev–Trinajstić information content (AvgIpc) is 3.51. The minimum Gasteiger partial charge on any atom is -0.486 e. The summed E-state index contributed by atoms with van der Waals surface area (Å²) in [5.41, 5.74) is 1.60. The molecule has 1 amide bonds. The largest absolute Gasteiger partial charge is 0.486 e. The Kier molecular flexibility index (Phi) is 6.45. The molecule has 1 aromatic carbocycles. The van der Waals surface area contributed by atoms with Crippen LogP contribution in [0.5, 0.6) is 5.75 Å². The zero-order chi connectivity index (χ0) is 23.7. The first-order chi connectivity index (χ1) is 16.5. The number of ether oxygens (including phenoxy) is 1. The van der Waals surface area contributed by atoms with Crippen molar-refractivity contribution in [1.82, 2.24) is 25.0 Å². The molecule has 2 aromatic rings. The van der Waals surface area contributed by atoms with Crippen molar-refractivity contribution in [2.75, 3.05) is 19.7 Å². The molecule has 0 bridgehead atoms. The number of carbonyl (C=O) groups excluding carboxylic acids is 1. The topological polar surface area (TPSA) is 72.3 Å². The van der Waals surface area contributed by atoms with Gasteiger partial charge in [0, 0.05) is 43.1 Å². The quantitative estimate of drug-likeness (QED) is 0.643. The van der Waals surface area contributed by atoms with Crippen LogP contribution in [0.3, 0.4) is 0 Å². The molecule has 3 aliphatic rings. The number of aryl methyl sites for hydroxylation is 1. The van der Waals surface area contributed by atoms with Crippen LogP contribution in [0.4, 0.5) is 8.78 Å². The lowest BCUT2D eigenvalue weighted by Crippen LogP contribution is -2.43. The van der Waals surface area contributed by atoms with Crippen molar-refractivity contribution in [3.8, 4) is 5.75 Å². The Bertz CT molecular complexity index is 1140. The predicted octanol–water partition coefficient (Wildman–Crippen LogP) is 3.26. The van der Waals surface area contributed by atoms with E-state index < -0.39 is 11.6 Å². The molecule has 2 heterocycles. The van der Waals surface area contributed by atoms with Gasteiger partial charge in [0.05, 0.1) is 13.1 Å². The number of fused-ring (bicyclic) bond motifs is 1. The van der Waals surface area contributed by atoms with Crippen LogP contribution in [-0.2, 0) is 24.3 Å². The fraction of sp³-hybridized carbons (Fsp3) is 0.480. The van der Waals surface area contributed by atoms with E-state index in [-0.39, 0.29) is 36.8 Å². The van der Waals surface area contributed by atoms with Crippen molar-refractivity contribution in [2.24, 2.45) is 0 Å². The van der Waals surface area contributed by atoms with E-state index >= 15 is 0 Å². The number of halogens is 2. The number of hydrogen-bond donors (Lipinski definition) is 1. The second-order valence-corrected chi connectivity index (χ2v) is 9.07. The first-order valence-electron chi connectivity index (χ1n) is 11.9. The molecule has 1 saturated carbocycles. The third-order valence-electron chi connectivity index (χ3n) is 6.74. The molecule has 1 fully saturated rings. The zero-order valence-corrected chi connectivity index (χ0v) is 19.3. The van der Waals surface area contributed by atoms with Crippen molar-refractivity contribution in [3.63, 3.8) is 0 Å². The maximum Gasteiger partial charge on any atom is 0.237 e. The number of nitrogens with one attached hydrogen (secondary N) is 1. The molecule has 7 nitrogen and oxygen atoms in total. The molecule has 0 saturated heterocycles. The SMILES string of the molecule is CCc1nnc2n1CCN(C(=O)CNC1CC1c1cc(F)cc(F)c1OCC1=CC=CCC1)C2. The van der Waals surface area contributed by atoms with Gasteiger partial charge in [-0.3, -0.25) is 4.79 Å². The van der Waals surface area contributed by atoms with Gasteiger partial charge in [0.2, 0.25) is 5.91 Å². The first kappa shape index (κ1) is 22.7. The third kappa shape index (κ3) is 4.75. The number of allylic oxidation sites excluding steroid dienone is 3. The Balaban J connectivity index is 1.18. The number of rotatable bonds is 8.